The molecule has 2 atom stereocenters. The van der Waals surface area contributed by atoms with Gasteiger partial charge >= 0.3 is 0 Å². The molecule has 0 N–H and O–H groups in total. The van der Waals surface area contributed by atoms with Crippen molar-refractivity contribution in [1.82, 2.24) is 9.80 Å². The first-order valence-corrected chi connectivity index (χ1v) is 6.43. The van der Waals surface area contributed by atoms with Crippen LogP contribution in [0.4, 0.5) is 0 Å². The van der Waals surface area contributed by atoms with Gasteiger partial charge in [0.25, 0.3) is 0 Å². The molecule has 0 aromatic rings. The molecule has 86 valence electrons. The van der Waals surface area contributed by atoms with Gasteiger partial charge in [-0.2, -0.15) is 0 Å². The molecular weight excluding hydrogens is 256 g/mol. The lowest BCUT2D eigenvalue weighted by molar-refractivity contribution is -0.136. The summed E-state index contributed by atoms with van der Waals surface area (Å²) >= 11 is 3.55. The van der Waals surface area contributed by atoms with Gasteiger partial charge in [0.05, 0.1) is 0 Å². The highest BCUT2D eigenvalue weighted by Crippen LogP contribution is 2.46. The van der Waals surface area contributed by atoms with E-state index in [9.17, 15) is 4.79 Å². The van der Waals surface area contributed by atoms with E-state index in [0.717, 1.165) is 25.9 Å². The maximum Gasteiger partial charge on any atom is 0.239 e. The van der Waals surface area contributed by atoms with Crippen LogP contribution in [0.25, 0.3) is 0 Å². The molecule has 3 nitrogen and oxygen atoms in total. The Hall–Kier alpha value is -0.0900. The highest BCUT2D eigenvalue weighted by Gasteiger charge is 2.51. The fraction of sp³-hybridized carbons (Fsp3) is 0.909. The number of hydrogen-bond donors (Lipinski definition) is 0. The lowest BCUT2D eigenvalue weighted by Gasteiger charge is -2.43. The third kappa shape index (κ3) is 2.07. The lowest BCUT2D eigenvalue weighted by atomic mass is 10.1. The largest absolute Gasteiger partial charge is 0.336 e. The van der Waals surface area contributed by atoms with Crippen molar-refractivity contribution < 1.29 is 4.79 Å². The predicted octanol–water partition coefficient (Wildman–Crippen LogP) is 1.46. The van der Waals surface area contributed by atoms with Gasteiger partial charge in [-0.25, -0.2) is 0 Å². The van der Waals surface area contributed by atoms with Crippen molar-refractivity contribution in [3.8, 4) is 0 Å². The first kappa shape index (κ1) is 11.4. The van der Waals surface area contributed by atoms with Gasteiger partial charge in [0.1, 0.15) is 4.32 Å². The average molecular weight is 275 g/mol. The summed E-state index contributed by atoms with van der Waals surface area (Å²) < 4.78 is -0.198. The Morgan fingerprint density at radius 2 is 1.87 bits per heavy atom. The number of carbonyl (C=O) groups excluding carboxylic acids is 1. The molecule has 0 spiro atoms. The molecule has 1 saturated heterocycles. The Balaban J connectivity index is 2.05. The molecule has 1 heterocycles. The monoisotopic (exact) mass is 274 g/mol. The van der Waals surface area contributed by atoms with E-state index in [1.54, 1.807) is 0 Å². The molecule has 15 heavy (non-hydrogen) atoms. The molecule has 1 saturated carbocycles. The van der Waals surface area contributed by atoms with Crippen LogP contribution in [0.1, 0.15) is 26.7 Å². The molecule has 1 aliphatic heterocycles. The van der Waals surface area contributed by atoms with Crippen molar-refractivity contribution in [3.05, 3.63) is 0 Å². The van der Waals surface area contributed by atoms with Gasteiger partial charge in [-0.15, -0.1) is 0 Å². The Morgan fingerprint density at radius 1 is 1.27 bits per heavy atom. The predicted molar refractivity (Wildman–Crippen MR) is 64.2 cm³/mol. The molecule has 0 aromatic heterocycles. The average Bonchev–Trinajstić information content (AvgIpc) is 2.90. The second-order valence-electron chi connectivity index (χ2n) is 5.06. The zero-order valence-electron chi connectivity index (χ0n) is 9.66. The van der Waals surface area contributed by atoms with E-state index in [4.69, 9.17) is 0 Å². The van der Waals surface area contributed by atoms with Crippen molar-refractivity contribution >= 4 is 21.8 Å². The van der Waals surface area contributed by atoms with Crippen LogP contribution in [-0.4, -0.2) is 52.3 Å². The minimum Gasteiger partial charge on any atom is -0.336 e. The van der Waals surface area contributed by atoms with E-state index in [0.29, 0.717) is 18.0 Å². The Labute approximate surface area is 99.9 Å². The SMILES string of the molecule is CC1CN(C(=O)C2(Br)CC2)C(C)CN1C. The second kappa shape index (κ2) is 3.74. The Kier molecular flexibility index (Phi) is 2.84. The van der Waals surface area contributed by atoms with Gasteiger partial charge in [0, 0.05) is 25.2 Å². The fourth-order valence-electron chi connectivity index (χ4n) is 2.16. The minimum absolute atomic E-state index is 0.198. The zero-order chi connectivity index (χ0) is 11.2. The summed E-state index contributed by atoms with van der Waals surface area (Å²) in [4.78, 5) is 16.6. The summed E-state index contributed by atoms with van der Waals surface area (Å²) in [5.74, 6) is 0.301. The van der Waals surface area contributed by atoms with Crippen LogP contribution >= 0.6 is 15.9 Å². The van der Waals surface area contributed by atoms with Crippen LogP contribution in [0.3, 0.4) is 0 Å². The van der Waals surface area contributed by atoms with Crippen molar-refractivity contribution in [2.75, 3.05) is 20.1 Å². The summed E-state index contributed by atoms with van der Waals surface area (Å²) in [5.41, 5.74) is 0. The number of halogens is 1. The summed E-state index contributed by atoms with van der Waals surface area (Å²) in [6.45, 7) is 6.17. The molecule has 1 amide bonds. The molecule has 0 radical (unpaired) electrons. The fourth-order valence-corrected chi connectivity index (χ4v) is 2.59. The van der Waals surface area contributed by atoms with E-state index < -0.39 is 0 Å². The van der Waals surface area contributed by atoms with Crippen molar-refractivity contribution in [2.24, 2.45) is 0 Å². The molecule has 2 unspecified atom stereocenters. The number of likely N-dealkylation sites (N-methyl/N-ethyl adjacent to an activating group) is 1. The number of rotatable bonds is 1. The van der Waals surface area contributed by atoms with Crippen LogP contribution in [0, 0.1) is 0 Å². The second-order valence-corrected chi connectivity index (χ2v) is 6.58. The highest BCUT2D eigenvalue weighted by molar-refractivity contribution is 9.10. The van der Waals surface area contributed by atoms with Crippen LogP contribution in [0.2, 0.25) is 0 Å². The van der Waals surface area contributed by atoms with E-state index in [-0.39, 0.29) is 4.32 Å². The summed E-state index contributed by atoms with van der Waals surface area (Å²) in [6.07, 6.45) is 2.00. The molecule has 0 aromatic carbocycles. The van der Waals surface area contributed by atoms with E-state index in [1.165, 1.54) is 0 Å². The topological polar surface area (TPSA) is 23.6 Å². The minimum atomic E-state index is -0.198. The maximum atomic E-state index is 12.2. The number of alkyl halides is 1. The van der Waals surface area contributed by atoms with Crippen LogP contribution in [0.5, 0.6) is 0 Å². The third-order valence-electron chi connectivity index (χ3n) is 3.63. The smallest absolute Gasteiger partial charge is 0.239 e. The lowest BCUT2D eigenvalue weighted by Crippen LogP contribution is -2.58. The van der Waals surface area contributed by atoms with E-state index >= 15 is 0 Å². The molecule has 2 fully saturated rings. The quantitative estimate of drug-likeness (QED) is 0.676. The van der Waals surface area contributed by atoms with Crippen molar-refractivity contribution in [1.29, 1.82) is 0 Å². The zero-order valence-corrected chi connectivity index (χ0v) is 11.2. The van der Waals surface area contributed by atoms with Gasteiger partial charge in [-0.05, 0) is 33.7 Å². The summed E-state index contributed by atoms with van der Waals surface area (Å²) in [7, 11) is 2.13. The first-order valence-electron chi connectivity index (χ1n) is 5.64. The van der Waals surface area contributed by atoms with Crippen molar-refractivity contribution in [2.45, 2.75) is 43.1 Å². The summed E-state index contributed by atoms with van der Waals surface area (Å²) in [5, 5.41) is 0. The molecule has 2 aliphatic rings. The Morgan fingerprint density at radius 3 is 2.40 bits per heavy atom. The van der Waals surface area contributed by atoms with Gasteiger partial charge in [0.15, 0.2) is 0 Å². The standard InChI is InChI=1S/C11H19BrN2O/c1-8-7-14(9(2)6-13(8)3)10(15)11(12)4-5-11/h8-9H,4-7H2,1-3H3. The number of nitrogens with zero attached hydrogens (tertiary/aromatic N) is 2. The van der Waals surface area contributed by atoms with Crippen LogP contribution in [-0.2, 0) is 4.79 Å². The molecule has 2 rings (SSSR count). The molecule has 1 aliphatic carbocycles. The number of amides is 1. The first-order chi connectivity index (χ1) is 6.94. The maximum absolute atomic E-state index is 12.2. The number of hydrogen-bond acceptors (Lipinski definition) is 2. The highest BCUT2D eigenvalue weighted by atomic mass is 79.9. The molecule has 0 bridgehead atoms. The Bertz CT molecular complexity index is 278. The summed E-state index contributed by atoms with van der Waals surface area (Å²) in [6, 6.07) is 0.814. The normalized spacial score (nSPS) is 35.3. The molecule has 4 heteroatoms. The van der Waals surface area contributed by atoms with E-state index in [2.05, 4.69) is 41.7 Å². The van der Waals surface area contributed by atoms with Crippen LogP contribution < -0.4 is 0 Å². The van der Waals surface area contributed by atoms with Crippen molar-refractivity contribution in [3.63, 3.8) is 0 Å². The number of carbonyl (C=O) groups is 1. The van der Waals surface area contributed by atoms with Gasteiger partial charge in [-0.1, -0.05) is 15.9 Å². The third-order valence-corrected chi connectivity index (χ3v) is 4.76. The number of piperazine rings is 1. The van der Waals surface area contributed by atoms with Gasteiger partial charge in [-0.3, -0.25) is 9.69 Å². The van der Waals surface area contributed by atoms with E-state index in [1.807, 2.05) is 4.90 Å². The van der Waals surface area contributed by atoms with Gasteiger partial charge < -0.3 is 4.90 Å². The van der Waals surface area contributed by atoms with Gasteiger partial charge in [0.2, 0.25) is 5.91 Å². The molecular formula is C11H19BrN2O. The van der Waals surface area contributed by atoms with Crippen LogP contribution in [0.15, 0.2) is 0 Å².